The lowest BCUT2D eigenvalue weighted by molar-refractivity contribution is 0.0398. The van der Waals surface area contributed by atoms with Crippen LogP contribution in [0.1, 0.15) is 33.6 Å². The number of alkyl carbamates (subject to hydrolysis) is 1. The van der Waals surface area contributed by atoms with Gasteiger partial charge in [0.15, 0.2) is 0 Å². The van der Waals surface area contributed by atoms with Crippen LogP contribution >= 0.6 is 0 Å². The Morgan fingerprint density at radius 2 is 1.93 bits per heavy atom. The maximum absolute atomic E-state index is 11.4. The van der Waals surface area contributed by atoms with Gasteiger partial charge in [0.2, 0.25) is 0 Å². The Hall–Kier alpha value is -0.770. The van der Waals surface area contributed by atoms with Gasteiger partial charge in [0.05, 0.1) is 0 Å². The summed E-state index contributed by atoms with van der Waals surface area (Å²) < 4.78 is 10.3. The predicted molar refractivity (Wildman–Crippen MR) is 53.2 cm³/mol. The molecule has 1 saturated heterocycles. The number of ether oxygens (including phenoxy) is 2. The lowest BCUT2D eigenvalue weighted by Crippen LogP contribution is -2.41. The molecule has 1 aliphatic heterocycles. The third-order valence-corrected chi connectivity index (χ3v) is 1.94. The predicted octanol–water partition coefficient (Wildman–Crippen LogP) is 1.69. The molecule has 0 aromatic rings. The van der Waals surface area contributed by atoms with Crippen molar-refractivity contribution in [2.45, 2.75) is 45.3 Å². The van der Waals surface area contributed by atoms with Gasteiger partial charge in [-0.15, -0.1) is 0 Å². The third-order valence-electron chi connectivity index (χ3n) is 1.94. The number of rotatable bonds is 1. The Kier molecular flexibility index (Phi) is 3.75. The van der Waals surface area contributed by atoms with Crippen LogP contribution in [0.5, 0.6) is 0 Å². The molecule has 0 aromatic heterocycles. The van der Waals surface area contributed by atoms with Gasteiger partial charge in [0, 0.05) is 19.3 Å². The van der Waals surface area contributed by atoms with E-state index in [0.717, 1.165) is 26.1 Å². The molecule has 82 valence electrons. The first kappa shape index (κ1) is 11.3. The minimum Gasteiger partial charge on any atom is -0.444 e. The van der Waals surface area contributed by atoms with Crippen LogP contribution in [0.15, 0.2) is 0 Å². The van der Waals surface area contributed by atoms with Crippen molar-refractivity contribution < 1.29 is 14.3 Å². The Balaban J connectivity index is 2.25. The number of carbonyl (C=O) groups is 1. The van der Waals surface area contributed by atoms with Crippen LogP contribution in [0.4, 0.5) is 4.79 Å². The highest BCUT2D eigenvalue weighted by Gasteiger charge is 2.20. The number of hydrogen-bond donors (Lipinski definition) is 1. The van der Waals surface area contributed by atoms with Crippen molar-refractivity contribution >= 4 is 6.09 Å². The fraction of sp³-hybridized carbons (Fsp3) is 0.900. The van der Waals surface area contributed by atoms with E-state index >= 15 is 0 Å². The third kappa shape index (κ3) is 4.46. The highest BCUT2D eigenvalue weighted by Crippen LogP contribution is 2.10. The van der Waals surface area contributed by atoms with Crippen molar-refractivity contribution in [2.75, 3.05) is 13.2 Å². The summed E-state index contributed by atoms with van der Waals surface area (Å²) in [5.74, 6) is 0. The van der Waals surface area contributed by atoms with Gasteiger partial charge in [-0.25, -0.2) is 4.79 Å². The van der Waals surface area contributed by atoms with Gasteiger partial charge in [-0.3, -0.25) is 0 Å². The van der Waals surface area contributed by atoms with Crippen LogP contribution in [-0.2, 0) is 9.47 Å². The second kappa shape index (κ2) is 4.64. The van der Waals surface area contributed by atoms with Gasteiger partial charge in [-0.05, 0) is 33.6 Å². The second-order valence-corrected chi connectivity index (χ2v) is 4.53. The maximum Gasteiger partial charge on any atom is 0.407 e. The standard InChI is InChI=1S/C10H19NO3/c1-10(2,3)14-9(12)11-8-4-6-13-7-5-8/h8H,4-7H2,1-3H3,(H,11,12). The molecule has 0 spiro atoms. The van der Waals surface area contributed by atoms with Crippen LogP contribution in [0.2, 0.25) is 0 Å². The van der Waals surface area contributed by atoms with Gasteiger partial charge in [0.1, 0.15) is 5.60 Å². The van der Waals surface area contributed by atoms with Crippen molar-refractivity contribution in [2.24, 2.45) is 0 Å². The van der Waals surface area contributed by atoms with E-state index in [2.05, 4.69) is 5.32 Å². The smallest absolute Gasteiger partial charge is 0.407 e. The Morgan fingerprint density at radius 1 is 1.36 bits per heavy atom. The van der Waals surface area contributed by atoms with Crippen molar-refractivity contribution in [3.63, 3.8) is 0 Å². The molecule has 1 heterocycles. The first-order valence-corrected chi connectivity index (χ1v) is 5.04. The lowest BCUT2D eigenvalue weighted by Gasteiger charge is -2.25. The average Bonchev–Trinajstić information content (AvgIpc) is 2.02. The quantitative estimate of drug-likeness (QED) is 0.702. The summed E-state index contributed by atoms with van der Waals surface area (Å²) in [6.07, 6.45) is 1.42. The van der Waals surface area contributed by atoms with Gasteiger partial charge >= 0.3 is 6.09 Å². The monoisotopic (exact) mass is 201 g/mol. The molecule has 0 bridgehead atoms. The summed E-state index contributed by atoms with van der Waals surface area (Å²) in [5, 5.41) is 2.83. The molecule has 1 N–H and O–H groups in total. The van der Waals surface area contributed by atoms with E-state index in [1.807, 2.05) is 20.8 Å². The number of amides is 1. The fourth-order valence-corrected chi connectivity index (χ4v) is 1.32. The Bertz CT molecular complexity index is 192. The first-order valence-electron chi connectivity index (χ1n) is 5.04. The molecule has 0 unspecified atom stereocenters. The van der Waals surface area contributed by atoms with Crippen LogP contribution in [0.25, 0.3) is 0 Å². The first-order chi connectivity index (χ1) is 6.47. The zero-order valence-corrected chi connectivity index (χ0v) is 9.13. The van der Waals surface area contributed by atoms with E-state index in [-0.39, 0.29) is 12.1 Å². The highest BCUT2D eigenvalue weighted by molar-refractivity contribution is 5.68. The minimum absolute atomic E-state index is 0.207. The van der Waals surface area contributed by atoms with E-state index in [1.54, 1.807) is 0 Å². The molecule has 1 rings (SSSR count). The average molecular weight is 201 g/mol. The summed E-state index contributed by atoms with van der Waals surface area (Å²) in [4.78, 5) is 11.4. The molecule has 0 aliphatic carbocycles. The van der Waals surface area contributed by atoms with Gasteiger partial charge in [0.25, 0.3) is 0 Å². The van der Waals surface area contributed by atoms with E-state index in [0.29, 0.717) is 0 Å². The fourth-order valence-electron chi connectivity index (χ4n) is 1.32. The minimum atomic E-state index is -0.421. The van der Waals surface area contributed by atoms with Crippen LogP contribution in [0.3, 0.4) is 0 Å². The largest absolute Gasteiger partial charge is 0.444 e. The summed E-state index contributed by atoms with van der Waals surface area (Å²) in [5.41, 5.74) is -0.421. The SMILES string of the molecule is CC(C)(C)OC(=O)NC1CCOCC1. The van der Waals surface area contributed by atoms with Gasteiger partial charge in [-0.2, -0.15) is 0 Å². The van der Waals surface area contributed by atoms with Crippen molar-refractivity contribution in [1.82, 2.24) is 5.32 Å². The summed E-state index contributed by atoms with van der Waals surface area (Å²) >= 11 is 0. The molecule has 0 saturated carbocycles. The van der Waals surface area contributed by atoms with E-state index in [4.69, 9.17) is 9.47 Å². The maximum atomic E-state index is 11.4. The van der Waals surface area contributed by atoms with Gasteiger partial charge < -0.3 is 14.8 Å². The zero-order chi connectivity index (χ0) is 10.6. The number of nitrogens with one attached hydrogen (secondary N) is 1. The summed E-state index contributed by atoms with van der Waals surface area (Å²) in [6.45, 7) is 7.02. The van der Waals surface area contributed by atoms with Crippen LogP contribution < -0.4 is 5.32 Å². The highest BCUT2D eigenvalue weighted by atomic mass is 16.6. The molecule has 1 fully saturated rings. The van der Waals surface area contributed by atoms with E-state index in [9.17, 15) is 4.79 Å². The topological polar surface area (TPSA) is 47.6 Å². The molecule has 1 amide bonds. The van der Waals surface area contributed by atoms with Crippen LogP contribution in [-0.4, -0.2) is 30.9 Å². The Morgan fingerprint density at radius 3 is 2.43 bits per heavy atom. The van der Waals surface area contributed by atoms with Gasteiger partial charge in [-0.1, -0.05) is 0 Å². The van der Waals surface area contributed by atoms with E-state index < -0.39 is 5.60 Å². The van der Waals surface area contributed by atoms with Crippen molar-refractivity contribution in [1.29, 1.82) is 0 Å². The molecule has 0 aromatic carbocycles. The molecule has 0 atom stereocenters. The van der Waals surface area contributed by atoms with Crippen LogP contribution in [0, 0.1) is 0 Å². The molecule has 4 heteroatoms. The Labute approximate surface area is 85.0 Å². The molecule has 1 aliphatic rings. The molecule has 0 radical (unpaired) electrons. The number of carbonyl (C=O) groups excluding carboxylic acids is 1. The second-order valence-electron chi connectivity index (χ2n) is 4.53. The zero-order valence-electron chi connectivity index (χ0n) is 9.13. The van der Waals surface area contributed by atoms with Crippen molar-refractivity contribution in [3.8, 4) is 0 Å². The van der Waals surface area contributed by atoms with Crippen molar-refractivity contribution in [3.05, 3.63) is 0 Å². The molecular formula is C10H19NO3. The summed E-state index contributed by atoms with van der Waals surface area (Å²) in [6, 6.07) is 0.207. The molecular weight excluding hydrogens is 182 g/mol. The summed E-state index contributed by atoms with van der Waals surface area (Å²) in [7, 11) is 0. The molecule has 14 heavy (non-hydrogen) atoms. The normalized spacial score (nSPS) is 19.1. The lowest BCUT2D eigenvalue weighted by atomic mass is 10.1. The number of hydrogen-bond acceptors (Lipinski definition) is 3. The molecule has 4 nitrogen and oxygen atoms in total. The van der Waals surface area contributed by atoms with E-state index in [1.165, 1.54) is 0 Å².